The summed E-state index contributed by atoms with van der Waals surface area (Å²) in [5.74, 6) is 3.24. The van der Waals surface area contributed by atoms with Gasteiger partial charge in [-0.2, -0.15) is 10.1 Å². The van der Waals surface area contributed by atoms with E-state index in [1.807, 2.05) is 4.68 Å². The Hall–Kier alpha value is -2.54. The summed E-state index contributed by atoms with van der Waals surface area (Å²) >= 11 is 0. The minimum absolute atomic E-state index is 0.0600. The normalized spacial score (nSPS) is 26.4. The molecule has 0 radical (unpaired) electrons. The third-order valence-corrected chi connectivity index (χ3v) is 7.34. The number of benzene rings is 1. The zero-order valence-corrected chi connectivity index (χ0v) is 17.5. The Morgan fingerprint density at radius 3 is 2.97 bits per heavy atom. The van der Waals surface area contributed by atoms with Crippen molar-refractivity contribution in [1.29, 1.82) is 0 Å². The molecule has 2 atom stereocenters. The van der Waals surface area contributed by atoms with E-state index in [9.17, 15) is 0 Å². The Kier molecular flexibility index (Phi) is 4.26. The van der Waals surface area contributed by atoms with Crippen molar-refractivity contribution in [2.24, 2.45) is 11.8 Å². The average Bonchev–Trinajstić information content (AvgIpc) is 3.15. The van der Waals surface area contributed by atoms with Crippen molar-refractivity contribution in [1.82, 2.24) is 29.8 Å². The summed E-state index contributed by atoms with van der Waals surface area (Å²) in [5.41, 5.74) is 3.70. The second-order valence-electron chi connectivity index (χ2n) is 9.54. The Bertz CT molecular complexity index is 1040. The smallest absolute Gasteiger partial charge is 0.234 e. The molecule has 0 N–H and O–H groups in total. The molecule has 3 aliphatic rings. The highest BCUT2D eigenvalue weighted by Gasteiger charge is 2.54. The number of hydrogen-bond donors (Lipinski definition) is 0. The minimum Gasteiger partial charge on any atom is -0.339 e. The maximum atomic E-state index is 5.85. The average molecular weight is 405 g/mol. The molecule has 2 aromatic heterocycles. The molecular weight excluding hydrogens is 376 g/mol. The van der Waals surface area contributed by atoms with Gasteiger partial charge in [0.1, 0.15) is 12.7 Å². The number of aryl methyl sites for hydroxylation is 1. The standard InChI is InChI=1S/C23H28N6O/c1-16-9-18(6-7-20(16)29-15-24-14-25-29)11-28-12-19-3-2-8-23(19,13-28)22-26-21(27-30-22)10-17-4-5-17/h6-7,9,14-15,17,19H,2-5,8,10-13H2,1H3/t19-,23-/m1/s1. The second-order valence-corrected chi connectivity index (χ2v) is 9.54. The van der Waals surface area contributed by atoms with E-state index < -0.39 is 0 Å². The fourth-order valence-electron chi connectivity index (χ4n) is 5.65. The van der Waals surface area contributed by atoms with Crippen LogP contribution in [0, 0.1) is 18.8 Å². The molecular formula is C23H28N6O. The van der Waals surface area contributed by atoms with Gasteiger partial charge in [0.05, 0.1) is 11.1 Å². The second kappa shape index (κ2) is 7.01. The highest BCUT2D eigenvalue weighted by atomic mass is 16.5. The van der Waals surface area contributed by atoms with Crippen molar-refractivity contribution in [3.63, 3.8) is 0 Å². The first-order chi connectivity index (χ1) is 14.7. The summed E-state index contributed by atoms with van der Waals surface area (Å²) in [6.45, 7) is 5.23. The van der Waals surface area contributed by atoms with Crippen LogP contribution in [0.2, 0.25) is 0 Å². The molecule has 6 rings (SSSR count). The number of aromatic nitrogens is 5. The fraction of sp³-hybridized carbons (Fsp3) is 0.565. The van der Waals surface area contributed by atoms with Crippen LogP contribution < -0.4 is 0 Å². The van der Waals surface area contributed by atoms with Gasteiger partial charge in [0.25, 0.3) is 0 Å². The van der Waals surface area contributed by atoms with Gasteiger partial charge in [-0.15, -0.1) is 0 Å². The van der Waals surface area contributed by atoms with Crippen LogP contribution in [0.3, 0.4) is 0 Å². The van der Waals surface area contributed by atoms with E-state index >= 15 is 0 Å². The molecule has 2 saturated carbocycles. The molecule has 30 heavy (non-hydrogen) atoms. The molecule has 1 saturated heterocycles. The molecule has 3 aromatic rings. The number of likely N-dealkylation sites (tertiary alicyclic amines) is 1. The predicted octanol–water partition coefficient (Wildman–Crippen LogP) is 3.46. The lowest BCUT2D eigenvalue weighted by Gasteiger charge is -2.24. The van der Waals surface area contributed by atoms with Crippen LogP contribution >= 0.6 is 0 Å². The van der Waals surface area contributed by atoms with Crippen molar-refractivity contribution >= 4 is 0 Å². The minimum atomic E-state index is 0.0600. The van der Waals surface area contributed by atoms with Crippen LogP contribution in [0.5, 0.6) is 0 Å². The first-order valence-electron chi connectivity index (χ1n) is 11.2. The van der Waals surface area contributed by atoms with Crippen LogP contribution in [0.15, 0.2) is 35.4 Å². The van der Waals surface area contributed by atoms with Gasteiger partial charge in [-0.05, 0) is 61.6 Å². The Morgan fingerprint density at radius 1 is 1.23 bits per heavy atom. The fourth-order valence-corrected chi connectivity index (χ4v) is 5.65. The summed E-state index contributed by atoms with van der Waals surface area (Å²) in [5, 5.41) is 8.59. The SMILES string of the molecule is Cc1cc(CN2C[C@H]3CCC[C@@]3(c3nc(CC4CC4)no3)C2)ccc1-n1cncn1. The van der Waals surface area contributed by atoms with Gasteiger partial charge < -0.3 is 4.52 Å². The van der Waals surface area contributed by atoms with E-state index in [0.717, 1.165) is 49.4 Å². The van der Waals surface area contributed by atoms with Gasteiger partial charge in [0.2, 0.25) is 5.89 Å². The number of nitrogens with zero attached hydrogens (tertiary/aromatic N) is 6. The van der Waals surface area contributed by atoms with Crippen LogP contribution in [0.25, 0.3) is 5.69 Å². The maximum absolute atomic E-state index is 5.85. The topological polar surface area (TPSA) is 72.9 Å². The summed E-state index contributed by atoms with van der Waals surface area (Å²) in [4.78, 5) is 11.5. The maximum Gasteiger partial charge on any atom is 0.234 e. The Morgan fingerprint density at radius 2 is 2.17 bits per heavy atom. The van der Waals surface area contributed by atoms with Gasteiger partial charge in [0, 0.05) is 26.1 Å². The lowest BCUT2D eigenvalue weighted by Crippen LogP contribution is -2.32. The van der Waals surface area contributed by atoms with Gasteiger partial charge in [0.15, 0.2) is 5.82 Å². The van der Waals surface area contributed by atoms with E-state index in [1.165, 1.54) is 43.2 Å². The molecule has 7 nitrogen and oxygen atoms in total. The first kappa shape index (κ1) is 18.2. The van der Waals surface area contributed by atoms with Crippen molar-refractivity contribution < 1.29 is 4.52 Å². The molecule has 0 bridgehead atoms. The number of hydrogen-bond acceptors (Lipinski definition) is 6. The van der Waals surface area contributed by atoms with Gasteiger partial charge in [-0.1, -0.05) is 23.7 Å². The van der Waals surface area contributed by atoms with Crippen LogP contribution in [0.4, 0.5) is 0 Å². The molecule has 0 unspecified atom stereocenters. The van der Waals surface area contributed by atoms with Crippen molar-refractivity contribution in [2.45, 2.75) is 57.4 Å². The molecule has 2 aliphatic carbocycles. The molecule has 0 spiro atoms. The molecule has 3 heterocycles. The van der Waals surface area contributed by atoms with E-state index in [0.29, 0.717) is 5.92 Å². The molecule has 3 fully saturated rings. The summed E-state index contributed by atoms with van der Waals surface area (Å²) in [6, 6.07) is 6.64. The Labute approximate surface area is 176 Å². The zero-order valence-electron chi connectivity index (χ0n) is 17.5. The van der Waals surface area contributed by atoms with Crippen LogP contribution in [-0.2, 0) is 18.4 Å². The lowest BCUT2D eigenvalue weighted by atomic mass is 9.80. The predicted molar refractivity (Wildman–Crippen MR) is 111 cm³/mol. The van der Waals surface area contributed by atoms with Crippen molar-refractivity contribution in [2.75, 3.05) is 13.1 Å². The van der Waals surface area contributed by atoms with Crippen LogP contribution in [-0.4, -0.2) is 42.9 Å². The van der Waals surface area contributed by atoms with E-state index in [1.54, 1.807) is 12.7 Å². The number of rotatable bonds is 6. The van der Waals surface area contributed by atoms with Crippen molar-refractivity contribution in [3.8, 4) is 5.69 Å². The third-order valence-electron chi connectivity index (χ3n) is 7.34. The summed E-state index contributed by atoms with van der Waals surface area (Å²) in [7, 11) is 0. The summed E-state index contributed by atoms with van der Waals surface area (Å²) in [6.07, 6.45) is 10.7. The van der Waals surface area contributed by atoms with Gasteiger partial charge in [-0.3, -0.25) is 4.90 Å². The molecule has 7 heteroatoms. The molecule has 0 amide bonds. The van der Waals surface area contributed by atoms with Crippen LogP contribution in [0.1, 0.15) is 54.9 Å². The first-order valence-corrected chi connectivity index (χ1v) is 11.2. The van der Waals surface area contributed by atoms with Crippen molar-refractivity contribution in [3.05, 3.63) is 53.7 Å². The van der Waals surface area contributed by atoms with E-state index in [-0.39, 0.29) is 5.41 Å². The highest BCUT2D eigenvalue weighted by molar-refractivity contribution is 5.41. The molecule has 1 aliphatic heterocycles. The Balaban J connectivity index is 1.20. The van der Waals surface area contributed by atoms with E-state index in [2.05, 4.69) is 45.3 Å². The van der Waals surface area contributed by atoms with Gasteiger partial charge >= 0.3 is 0 Å². The molecule has 1 aromatic carbocycles. The zero-order chi connectivity index (χ0) is 20.1. The molecule has 156 valence electrons. The van der Waals surface area contributed by atoms with Gasteiger partial charge in [-0.25, -0.2) is 9.67 Å². The lowest BCUT2D eigenvalue weighted by molar-refractivity contribution is 0.244. The summed E-state index contributed by atoms with van der Waals surface area (Å²) < 4.78 is 7.68. The highest BCUT2D eigenvalue weighted by Crippen LogP contribution is 2.50. The largest absolute Gasteiger partial charge is 0.339 e. The van der Waals surface area contributed by atoms with E-state index in [4.69, 9.17) is 9.51 Å². The quantitative estimate of drug-likeness (QED) is 0.626. The number of fused-ring (bicyclic) bond motifs is 1. The monoisotopic (exact) mass is 404 g/mol. The third kappa shape index (κ3) is 3.16.